The second-order valence-corrected chi connectivity index (χ2v) is 10.3. The van der Waals surface area contributed by atoms with Gasteiger partial charge in [0.15, 0.2) is 0 Å². The van der Waals surface area contributed by atoms with Gasteiger partial charge in [-0.15, -0.1) is 0 Å². The molecule has 1 heteroatoms. The Bertz CT molecular complexity index is 1300. The smallest absolute Gasteiger partial charge is 0.0418 e. The van der Waals surface area contributed by atoms with Crippen molar-refractivity contribution in [1.82, 2.24) is 0 Å². The minimum Gasteiger partial charge on any atom is -0.339 e. The van der Waals surface area contributed by atoms with Crippen molar-refractivity contribution in [1.29, 1.82) is 0 Å². The highest BCUT2D eigenvalue weighted by Crippen LogP contribution is 2.49. The summed E-state index contributed by atoms with van der Waals surface area (Å²) in [6, 6.07) is 32.0. The average molecular weight is 432 g/mol. The Morgan fingerprint density at radius 3 is 1.88 bits per heavy atom. The van der Waals surface area contributed by atoms with Crippen LogP contribution >= 0.6 is 0 Å². The third-order valence-electron chi connectivity index (χ3n) is 7.06. The Balaban J connectivity index is 1.51. The first-order valence-electron chi connectivity index (χ1n) is 12.0. The molecule has 33 heavy (non-hydrogen) atoms. The zero-order valence-corrected chi connectivity index (χ0v) is 20.6. The predicted octanol–water partition coefficient (Wildman–Crippen LogP) is 8.82. The standard InChI is InChI=1S/C32H33N/c1-21(2)33(27-18-22(3)17-23(4)19-27)26-14-11-24(12-15-26)25-13-16-29-28-9-7-8-10-30(28)32(5,6)31(29)20-25/h7-21H,1-6H3. The largest absolute Gasteiger partial charge is 0.339 e. The van der Waals surface area contributed by atoms with Gasteiger partial charge in [-0.25, -0.2) is 0 Å². The summed E-state index contributed by atoms with van der Waals surface area (Å²) in [6.07, 6.45) is 0. The van der Waals surface area contributed by atoms with Crippen molar-refractivity contribution in [2.75, 3.05) is 4.90 Å². The summed E-state index contributed by atoms with van der Waals surface area (Å²) < 4.78 is 0. The van der Waals surface area contributed by atoms with Crippen molar-refractivity contribution in [3.8, 4) is 22.3 Å². The summed E-state index contributed by atoms with van der Waals surface area (Å²) in [5.41, 5.74) is 13.2. The molecule has 5 rings (SSSR count). The molecule has 4 aromatic rings. The van der Waals surface area contributed by atoms with Crippen LogP contribution in [0.5, 0.6) is 0 Å². The van der Waals surface area contributed by atoms with E-state index in [0.717, 1.165) is 0 Å². The van der Waals surface area contributed by atoms with E-state index >= 15 is 0 Å². The van der Waals surface area contributed by atoms with E-state index in [-0.39, 0.29) is 5.41 Å². The molecule has 1 nitrogen and oxygen atoms in total. The first-order valence-corrected chi connectivity index (χ1v) is 12.0. The monoisotopic (exact) mass is 431 g/mol. The van der Waals surface area contributed by atoms with E-state index in [1.165, 1.54) is 55.9 Å². The van der Waals surface area contributed by atoms with Gasteiger partial charge < -0.3 is 4.90 Å². The third-order valence-corrected chi connectivity index (χ3v) is 7.06. The van der Waals surface area contributed by atoms with Crippen molar-refractivity contribution in [3.63, 3.8) is 0 Å². The van der Waals surface area contributed by atoms with Crippen molar-refractivity contribution < 1.29 is 0 Å². The second kappa shape index (κ2) is 7.92. The van der Waals surface area contributed by atoms with Gasteiger partial charge >= 0.3 is 0 Å². The fourth-order valence-electron chi connectivity index (χ4n) is 5.53. The summed E-state index contributed by atoms with van der Waals surface area (Å²) in [7, 11) is 0. The zero-order valence-electron chi connectivity index (χ0n) is 20.6. The molecule has 0 spiro atoms. The highest BCUT2D eigenvalue weighted by atomic mass is 15.2. The molecule has 166 valence electrons. The van der Waals surface area contributed by atoms with Gasteiger partial charge in [0.2, 0.25) is 0 Å². The fraction of sp³-hybridized carbons (Fsp3) is 0.250. The van der Waals surface area contributed by atoms with Crippen molar-refractivity contribution >= 4 is 11.4 Å². The van der Waals surface area contributed by atoms with Gasteiger partial charge in [0, 0.05) is 22.8 Å². The van der Waals surface area contributed by atoms with Gasteiger partial charge in [-0.05, 0) is 103 Å². The SMILES string of the molecule is Cc1cc(C)cc(N(c2ccc(-c3ccc4c(c3)C(C)(C)c3ccccc3-4)cc2)C(C)C)c1. The van der Waals surface area contributed by atoms with Gasteiger partial charge in [-0.2, -0.15) is 0 Å². The summed E-state index contributed by atoms with van der Waals surface area (Å²) in [5.74, 6) is 0. The summed E-state index contributed by atoms with van der Waals surface area (Å²) in [6.45, 7) is 13.5. The van der Waals surface area contributed by atoms with E-state index in [1.807, 2.05) is 0 Å². The molecule has 0 bridgehead atoms. The number of nitrogens with zero attached hydrogens (tertiary/aromatic N) is 1. The molecule has 0 unspecified atom stereocenters. The Labute approximate surface area is 198 Å². The minimum atomic E-state index is 0.0271. The molecule has 0 heterocycles. The maximum absolute atomic E-state index is 2.42. The number of benzene rings is 4. The lowest BCUT2D eigenvalue weighted by Crippen LogP contribution is -2.25. The van der Waals surface area contributed by atoms with Crippen LogP contribution in [0.25, 0.3) is 22.3 Å². The van der Waals surface area contributed by atoms with E-state index < -0.39 is 0 Å². The van der Waals surface area contributed by atoms with Crippen LogP contribution in [0.1, 0.15) is 49.9 Å². The summed E-state index contributed by atoms with van der Waals surface area (Å²) in [5, 5.41) is 0. The zero-order chi connectivity index (χ0) is 23.3. The topological polar surface area (TPSA) is 3.24 Å². The molecular formula is C32H33N. The average Bonchev–Trinajstić information content (AvgIpc) is 3.00. The van der Waals surface area contributed by atoms with Crippen molar-refractivity contribution in [2.24, 2.45) is 0 Å². The minimum absolute atomic E-state index is 0.0271. The summed E-state index contributed by atoms with van der Waals surface area (Å²) >= 11 is 0. The highest BCUT2D eigenvalue weighted by Gasteiger charge is 2.35. The fourth-order valence-corrected chi connectivity index (χ4v) is 5.53. The van der Waals surface area contributed by atoms with Crippen LogP contribution in [0.2, 0.25) is 0 Å². The molecule has 1 aliphatic carbocycles. The molecule has 0 saturated carbocycles. The van der Waals surface area contributed by atoms with E-state index in [1.54, 1.807) is 0 Å². The Hall–Kier alpha value is -3.32. The van der Waals surface area contributed by atoms with Crippen LogP contribution in [-0.4, -0.2) is 6.04 Å². The highest BCUT2D eigenvalue weighted by molar-refractivity contribution is 5.83. The number of fused-ring (bicyclic) bond motifs is 3. The molecule has 0 atom stereocenters. The third kappa shape index (κ3) is 3.66. The number of hydrogen-bond acceptors (Lipinski definition) is 1. The molecule has 4 aromatic carbocycles. The van der Waals surface area contributed by atoms with Crippen LogP contribution in [0.15, 0.2) is 84.9 Å². The second-order valence-electron chi connectivity index (χ2n) is 10.3. The maximum Gasteiger partial charge on any atom is 0.0418 e. The van der Waals surface area contributed by atoms with Crippen LogP contribution in [-0.2, 0) is 5.41 Å². The Morgan fingerprint density at radius 1 is 0.606 bits per heavy atom. The molecule has 0 N–H and O–H groups in total. The van der Waals surface area contributed by atoms with E-state index in [2.05, 4.69) is 131 Å². The van der Waals surface area contributed by atoms with Gasteiger partial charge in [0.05, 0.1) is 0 Å². The molecular weight excluding hydrogens is 398 g/mol. The molecule has 1 aliphatic rings. The first kappa shape index (κ1) is 21.5. The molecule has 0 aliphatic heterocycles. The number of rotatable bonds is 4. The lowest BCUT2D eigenvalue weighted by molar-refractivity contribution is 0.660. The maximum atomic E-state index is 2.42. The lowest BCUT2D eigenvalue weighted by atomic mass is 9.81. The number of aryl methyl sites for hydroxylation is 2. The molecule has 0 amide bonds. The normalized spacial score (nSPS) is 13.7. The predicted molar refractivity (Wildman–Crippen MR) is 143 cm³/mol. The van der Waals surface area contributed by atoms with Crippen LogP contribution < -0.4 is 4.90 Å². The molecule has 0 fully saturated rings. The number of anilines is 2. The lowest BCUT2D eigenvalue weighted by Gasteiger charge is -2.30. The molecule has 0 saturated heterocycles. The van der Waals surface area contributed by atoms with Gasteiger partial charge in [0.25, 0.3) is 0 Å². The molecule has 0 aromatic heterocycles. The van der Waals surface area contributed by atoms with E-state index in [4.69, 9.17) is 0 Å². The molecule has 0 radical (unpaired) electrons. The Morgan fingerprint density at radius 2 is 1.21 bits per heavy atom. The van der Waals surface area contributed by atoms with E-state index in [0.29, 0.717) is 6.04 Å². The first-order chi connectivity index (χ1) is 15.8. The van der Waals surface area contributed by atoms with E-state index in [9.17, 15) is 0 Å². The van der Waals surface area contributed by atoms with Crippen LogP contribution in [0, 0.1) is 13.8 Å². The van der Waals surface area contributed by atoms with Crippen LogP contribution in [0.4, 0.5) is 11.4 Å². The Kier molecular flexibility index (Phi) is 5.16. The van der Waals surface area contributed by atoms with Crippen molar-refractivity contribution in [2.45, 2.75) is 53.0 Å². The van der Waals surface area contributed by atoms with Gasteiger partial charge in [-0.3, -0.25) is 0 Å². The summed E-state index contributed by atoms with van der Waals surface area (Å²) in [4.78, 5) is 2.42. The van der Waals surface area contributed by atoms with Crippen LogP contribution in [0.3, 0.4) is 0 Å². The van der Waals surface area contributed by atoms with Crippen molar-refractivity contribution in [3.05, 3.63) is 107 Å². The van der Waals surface area contributed by atoms with Gasteiger partial charge in [0.1, 0.15) is 0 Å². The number of hydrogen-bond donors (Lipinski definition) is 0. The van der Waals surface area contributed by atoms with Gasteiger partial charge in [-0.1, -0.05) is 68.4 Å². The quantitative estimate of drug-likeness (QED) is 0.312.